The van der Waals surface area contributed by atoms with Gasteiger partial charge < -0.3 is 4.98 Å². The highest BCUT2D eigenvalue weighted by atomic mass is 32.2. The van der Waals surface area contributed by atoms with Gasteiger partial charge in [0.1, 0.15) is 5.82 Å². The van der Waals surface area contributed by atoms with Gasteiger partial charge >= 0.3 is 0 Å². The van der Waals surface area contributed by atoms with E-state index in [4.69, 9.17) is 0 Å². The summed E-state index contributed by atoms with van der Waals surface area (Å²) in [7, 11) is -3.63. The number of aromatic nitrogens is 2. The molecule has 23 heavy (non-hydrogen) atoms. The highest BCUT2D eigenvalue weighted by Crippen LogP contribution is 2.23. The van der Waals surface area contributed by atoms with Gasteiger partial charge in [0.05, 0.1) is 4.90 Å². The molecule has 3 aromatic rings. The number of H-pyrrole nitrogens is 1. The minimum absolute atomic E-state index is 0.284. The number of benzene rings is 2. The van der Waals surface area contributed by atoms with Crippen molar-refractivity contribution in [1.82, 2.24) is 9.97 Å². The molecule has 0 bridgehead atoms. The number of hydrogen-bond donors (Lipinski definition) is 2. The quantitative estimate of drug-likeness (QED) is 0.770. The van der Waals surface area contributed by atoms with Crippen LogP contribution in [0.1, 0.15) is 11.1 Å². The zero-order valence-electron chi connectivity index (χ0n) is 12.9. The second-order valence-corrected chi connectivity index (χ2v) is 7.04. The molecule has 0 aliphatic rings. The van der Waals surface area contributed by atoms with Crippen LogP contribution >= 0.6 is 0 Å². The average molecular weight is 327 g/mol. The van der Waals surface area contributed by atoms with Gasteiger partial charge in [-0.1, -0.05) is 29.8 Å². The molecule has 0 spiro atoms. The van der Waals surface area contributed by atoms with E-state index in [1.165, 1.54) is 0 Å². The molecule has 0 radical (unpaired) electrons. The molecule has 1 heterocycles. The predicted octanol–water partition coefficient (Wildman–Crippen LogP) is 3.49. The van der Waals surface area contributed by atoms with Crippen LogP contribution in [0.4, 0.5) is 5.69 Å². The molecule has 0 aliphatic heterocycles. The number of nitrogens with zero attached hydrogens (tertiary/aromatic N) is 1. The maximum absolute atomic E-state index is 12.6. The molecule has 0 amide bonds. The Hall–Kier alpha value is -2.60. The monoisotopic (exact) mass is 327 g/mol. The van der Waals surface area contributed by atoms with Crippen LogP contribution in [0, 0.1) is 13.8 Å². The molecule has 3 rings (SSSR count). The van der Waals surface area contributed by atoms with Crippen molar-refractivity contribution in [3.63, 3.8) is 0 Å². The van der Waals surface area contributed by atoms with Crippen molar-refractivity contribution in [3.05, 3.63) is 66.0 Å². The first kappa shape index (κ1) is 15.3. The lowest BCUT2D eigenvalue weighted by molar-refractivity contribution is 0.600. The van der Waals surface area contributed by atoms with Crippen LogP contribution in [0.2, 0.25) is 0 Å². The van der Waals surface area contributed by atoms with E-state index in [2.05, 4.69) is 14.7 Å². The van der Waals surface area contributed by atoms with E-state index >= 15 is 0 Å². The first-order chi connectivity index (χ1) is 11.0. The lowest BCUT2D eigenvalue weighted by Crippen LogP contribution is -2.14. The summed E-state index contributed by atoms with van der Waals surface area (Å²) >= 11 is 0. The first-order valence-electron chi connectivity index (χ1n) is 7.15. The largest absolute Gasteiger partial charge is 0.345 e. The van der Waals surface area contributed by atoms with Crippen LogP contribution in [-0.4, -0.2) is 18.4 Å². The Labute approximate surface area is 135 Å². The highest BCUT2D eigenvalue weighted by Gasteiger charge is 2.17. The van der Waals surface area contributed by atoms with E-state index in [1.54, 1.807) is 49.6 Å². The summed E-state index contributed by atoms with van der Waals surface area (Å²) in [6, 6.07) is 12.4. The number of sulfonamides is 1. The number of nitrogens with one attached hydrogen (secondary N) is 2. The maximum Gasteiger partial charge on any atom is 0.262 e. The summed E-state index contributed by atoms with van der Waals surface area (Å²) < 4.78 is 27.8. The third-order valence-corrected chi connectivity index (χ3v) is 5.05. The molecule has 118 valence electrons. The molecule has 0 atom stereocenters. The van der Waals surface area contributed by atoms with E-state index in [-0.39, 0.29) is 4.90 Å². The smallest absolute Gasteiger partial charge is 0.262 e. The van der Waals surface area contributed by atoms with E-state index in [0.717, 1.165) is 16.7 Å². The summed E-state index contributed by atoms with van der Waals surface area (Å²) in [5.74, 6) is 0.692. The number of aryl methyl sites for hydroxylation is 2. The van der Waals surface area contributed by atoms with Crippen LogP contribution in [0.25, 0.3) is 11.4 Å². The summed E-state index contributed by atoms with van der Waals surface area (Å²) in [6.45, 7) is 3.73. The average Bonchev–Trinajstić information content (AvgIpc) is 3.00. The first-order valence-corrected chi connectivity index (χ1v) is 8.64. The second kappa shape index (κ2) is 5.89. The van der Waals surface area contributed by atoms with Gasteiger partial charge in [-0.2, -0.15) is 0 Å². The van der Waals surface area contributed by atoms with Crippen molar-refractivity contribution in [2.45, 2.75) is 18.7 Å². The minimum Gasteiger partial charge on any atom is -0.345 e. The van der Waals surface area contributed by atoms with Crippen molar-refractivity contribution in [2.24, 2.45) is 0 Å². The normalized spacial score (nSPS) is 11.4. The van der Waals surface area contributed by atoms with Crippen LogP contribution in [-0.2, 0) is 10.0 Å². The van der Waals surface area contributed by atoms with E-state index < -0.39 is 10.0 Å². The fourth-order valence-corrected chi connectivity index (χ4v) is 3.74. The van der Waals surface area contributed by atoms with Gasteiger partial charge in [-0.3, -0.25) is 4.72 Å². The van der Waals surface area contributed by atoms with Crippen LogP contribution in [0.5, 0.6) is 0 Å². The molecule has 0 aliphatic carbocycles. The molecule has 6 heteroatoms. The van der Waals surface area contributed by atoms with Crippen molar-refractivity contribution >= 4 is 15.7 Å². The summed E-state index contributed by atoms with van der Waals surface area (Å²) in [5.41, 5.74) is 3.07. The van der Waals surface area contributed by atoms with Gasteiger partial charge in [0, 0.05) is 23.6 Å². The van der Waals surface area contributed by atoms with E-state index in [9.17, 15) is 8.42 Å². The fourth-order valence-electron chi connectivity index (χ4n) is 2.46. The molecular weight excluding hydrogens is 310 g/mol. The van der Waals surface area contributed by atoms with Gasteiger partial charge in [-0.25, -0.2) is 13.4 Å². The Kier molecular flexibility index (Phi) is 3.92. The third-order valence-electron chi connectivity index (χ3n) is 3.51. The number of aromatic amines is 1. The topological polar surface area (TPSA) is 74.8 Å². The Balaban J connectivity index is 1.93. The molecule has 0 saturated heterocycles. The summed E-state index contributed by atoms with van der Waals surface area (Å²) in [6.07, 6.45) is 3.38. The maximum atomic E-state index is 12.6. The summed E-state index contributed by atoms with van der Waals surface area (Å²) in [5, 5.41) is 0. The number of anilines is 1. The van der Waals surface area contributed by atoms with Crippen molar-refractivity contribution in [3.8, 4) is 11.4 Å². The van der Waals surface area contributed by atoms with Gasteiger partial charge in [-0.15, -0.1) is 0 Å². The van der Waals surface area contributed by atoms with Gasteiger partial charge in [0.25, 0.3) is 10.0 Å². The Morgan fingerprint density at radius 2 is 1.91 bits per heavy atom. The fraction of sp³-hybridized carbons (Fsp3) is 0.118. The number of rotatable bonds is 4. The van der Waals surface area contributed by atoms with Gasteiger partial charge in [-0.05, 0) is 37.6 Å². The Bertz CT molecular complexity index is 932. The summed E-state index contributed by atoms with van der Waals surface area (Å²) in [4.78, 5) is 7.46. The SMILES string of the molecule is Cc1ccc(S(=O)(=O)Nc2cccc(-c3ncc[nH]3)c2)c(C)c1. The molecular formula is C17H17N3O2S. The van der Waals surface area contributed by atoms with Gasteiger partial charge in [0.2, 0.25) is 0 Å². The molecule has 2 aromatic carbocycles. The van der Waals surface area contributed by atoms with Crippen molar-refractivity contribution in [1.29, 1.82) is 0 Å². The molecule has 0 saturated carbocycles. The zero-order valence-corrected chi connectivity index (χ0v) is 13.7. The molecule has 2 N–H and O–H groups in total. The van der Waals surface area contributed by atoms with Crippen molar-refractivity contribution < 1.29 is 8.42 Å². The Morgan fingerprint density at radius 3 is 2.61 bits per heavy atom. The molecule has 0 fully saturated rings. The minimum atomic E-state index is -3.63. The van der Waals surface area contributed by atoms with Crippen LogP contribution in [0.15, 0.2) is 59.8 Å². The third kappa shape index (κ3) is 3.27. The van der Waals surface area contributed by atoms with Crippen LogP contribution < -0.4 is 4.72 Å². The lowest BCUT2D eigenvalue weighted by atomic mass is 10.2. The molecule has 1 aromatic heterocycles. The standard InChI is InChI=1S/C17H17N3O2S/c1-12-6-7-16(13(2)10-12)23(21,22)20-15-5-3-4-14(11-15)17-18-8-9-19-17/h3-11,20H,1-2H3,(H,18,19). The number of imidazole rings is 1. The van der Waals surface area contributed by atoms with Gasteiger partial charge in [0.15, 0.2) is 0 Å². The zero-order chi connectivity index (χ0) is 16.4. The molecule has 5 nitrogen and oxygen atoms in total. The second-order valence-electron chi connectivity index (χ2n) is 5.39. The highest BCUT2D eigenvalue weighted by molar-refractivity contribution is 7.92. The van der Waals surface area contributed by atoms with E-state index in [1.807, 2.05) is 19.1 Å². The Morgan fingerprint density at radius 1 is 1.09 bits per heavy atom. The molecule has 0 unspecified atom stereocenters. The van der Waals surface area contributed by atoms with Crippen molar-refractivity contribution in [2.75, 3.05) is 4.72 Å². The number of hydrogen-bond acceptors (Lipinski definition) is 3. The lowest BCUT2D eigenvalue weighted by Gasteiger charge is -2.11. The van der Waals surface area contributed by atoms with Crippen LogP contribution in [0.3, 0.4) is 0 Å². The predicted molar refractivity (Wildman–Crippen MR) is 90.7 cm³/mol. The van der Waals surface area contributed by atoms with E-state index in [0.29, 0.717) is 11.5 Å².